The molecular formula is C29H26ClNO4S. The minimum absolute atomic E-state index is 0.329. The third kappa shape index (κ3) is 5.83. The van der Waals surface area contributed by atoms with Gasteiger partial charge in [0.15, 0.2) is 11.5 Å². The molecule has 0 atom stereocenters. The number of aryl methyl sites for hydroxylation is 1. The van der Waals surface area contributed by atoms with Gasteiger partial charge in [0, 0.05) is 10.6 Å². The van der Waals surface area contributed by atoms with Gasteiger partial charge in [-0.2, -0.15) is 0 Å². The summed E-state index contributed by atoms with van der Waals surface area (Å²) >= 11 is 6.85. The SMILES string of the molecule is C=CCc1cc(/C=C2/SC(=O)N(c3ccc(Cl)cc3)C2=O)cc(OCC)c1OCc1ccc(C)cc1. The van der Waals surface area contributed by atoms with Crippen LogP contribution in [-0.2, 0) is 17.8 Å². The highest BCUT2D eigenvalue weighted by molar-refractivity contribution is 8.19. The van der Waals surface area contributed by atoms with Gasteiger partial charge < -0.3 is 9.47 Å². The number of thioether (sulfide) groups is 1. The average molecular weight is 520 g/mol. The second-order valence-electron chi connectivity index (χ2n) is 8.20. The average Bonchev–Trinajstić information content (AvgIpc) is 3.13. The van der Waals surface area contributed by atoms with Crippen LogP contribution in [0.4, 0.5) is 10.5 Å². The van der Waals surface area contributed by atoms with E-state index in [1.54, 1.807) is 36.4 Å². The van der Waals surface area contributed by atoms with Crippen molar-refractivity contribution in [1.29, 1.82) is 0 Å². The molecule has 5 nitrogen and oxygen atoms in total. The lowest BCUT2D eigenvalue weighted by atomic mass is 10.0. The molecule has 2 amide bonds. The molecule has 0 aromatic heterocycles. The lowest BCUT2D eigenvalue weighted by Crippen LogP contribution is -2.27. The molecule has 4 rings (SSSR count). The monoisotopic (exact) mass is 519 g/mol. The number of allylic oxidation sites excluding steroid dienone is 1. The number of nitrogens with zero attached hydrogens (tertiary/aromatic N) is 1. The molecule has 0 spiro atoms. The van der Waals surface area contributed by atoms with Crippen LogP contribution in [0.15, 0.2) is 78.2 Å². The van der Waals surface area contributed by atoms with Crippen LogP contribution in [0.3, 0.4) is 0 Å². The quantitative estimate of drug-likeness (QED) is 0.215. The van der Waals surface area contributed by atoms with Gasteiger partial charge >= 0.3 is 0 Å². The zero-order chi connectivity index (χ0) is 25.7. The van der Waals surface area contributed by atoms with E-state index in [0.717, 1.165) is 33.4 Å². The molecule has 1 aliphatic heterocycles. The second kappa shape index (κ2) is 11.5. The number of carbonyl (C=O) groups excluding carboxylic acids is 2. The zero-order valence-electron chi connectivity index (χ0n) is 20.1. The predicted molar refractivity (Wildman–Crippen MR) is 147 cm³/mol. The van der Waals surface area contributed by atoms with Crippen LogP contribution in [0.25, 0.3) is 6.08 Å². The van der Waals surface area contributed by atoms with Gasteiger partial charge in [-0.05, 0) is 85.6 Å². The molecule has 0 radical (unpaired) electrons. The van der Waals surface area contributed by atoms with Crippen molar-refractivity contribution in [2.24, 2.45) is 0 Å². The van der Waals surface area contributed by atoms with Crippen LogP contribution in [0, 0.1) is 6.92 Å². The summed E-state index contributed by atoms with van der Waals surface area (Å²) in [6.45, 7) is 8.67. The number of benzene rings is 3. The van der Waals surface area contributed by atoms with Crippen LogP contribution >= 0.6 is 23.4 Å². The normalized spacial score (nSPS) is 14.4. The third-order valence-corrected chi connectivity index (χ3v) is 6.62. The van der Waals surface area contributed by atoms with Crippen molar-refractivity contribution >= 4 is 46.3 Å². The summed E-state index contributed by atoms with van der Waals surface area (Å²) in [7, 11) is 0. The number of carbonyl (C=O) groups is 2. The van der Waals surface area contributed by atoms with Gasteiger partial charge in [-0.1, -0.05) is 47.5 Å². The van der Waals surface area contributed by atoms with Crippen molar-refractivity contribution in [2.45, 2.75) is 26.9 Å². The van der Waals surface area contributed by atoms with Gasteiger partial charge in [0.25, 0.3) is 11.1 Å². The number of ether oxygens (including phenoxy) is 2. The first kappa shape index (κ1) is 25.6. The van der Waals surface area contributed by atoms with Gasteiger partial charge in [-0.15, -0.1) is 6.58 Å². The summed E-state index contributed by atoms with van der Waals surface area (Å²) in [5, 5.41) is 0.173. The number of anilines is 1. The molecule has 36 heavy (non-hydrogen) atoms. The molecule has 1 saturated heterocycles. The van der Waals surface area contributed by atoms with Gasteiger partial charge in [0.2, 0.25) is 0 Å². The molecule has 3 aromatic carbocycles. The molecule has 0 unspecified atom stereocenters. The predicted octanol–water partition coefficient (Wildman–Crippen LogP) is 7.60. The summed E-state index contributed by atoms with van der Waals surface area (Å²) < 4.78 is 12.1. The molecule has 0 N–H and O–H groups in total. The number of imide groups is 1. The maximum atomic E-state index is 13.1. The highest BCUT2D eigenvalue weighted by Crippen LogP contribution is 2.39. The van der Waals surface area contributed by atoms with Crippen LogP contribution in [0.2, 0.25) is 5.02 Å². The Hall–Kier alpha value is -3.48. The largest absolute Gasteiger partial charge is 0.490 e. The molecule has 0 aliphatic carbocycles. The Morgan fingerprint density at radius 1 is 1.03 bits per heavy atom. The van der Waals surface area contributed by atoms with Gasteiger partial charge in [0.1, 0.15) is 6.61 Å². The Kier molecular flexibility index (Phi) is 8.18. The Bertz CT molecular complexity index is 1320. The van der Waals surface area contributed by atoms with Crippen LogP contribution < -0.4 is 14.4 Å². The second-order valence-corrected chi connectivity index (χ2v) is 9.63. The lowest BCUT2D eigenvalue weighted by Gasteiger charge is -2.17. The van der Waals surface area contributed by atoms with Crippen LogP contribution in [0.1, 0.15) is 29.2 Å². The fourth-order valence-corrected chi connectivity index (χ4v) is 4.74. The Morgan fingerprint density at radius 3 is 2.42 bits per heavy atom. The first-order valence-electron chi connectivity index (χ1n) is 11.5. The third-order valence-electron chi connectivity index (χ3n) is 5.50. The Balaban J connectivity index is 1.65. The molecule has 1 heterocycles. The maximum absolute atomic E-state index is 13.1. The van der Waals surface area contributed by atoms with E-state index in [-0.39, 0.29) is 11.1 Å². The smallest absolute Gasteiger partial charge is 0.298 e. The van der Waals surface area contributed by atoms with Crippen molar-refractivity contribution in [3.8, 4) is 11.5 Å². The maximum Gasteiger partial charge on any atom is 0.298 e. The van der Waals surface area contributed by atoms with E-state index in [0.29, 0.717) is 46.7 Å². The van der Waals surface area contributed by atoms with Gasteiger partial charge in [-0.25, -0.2) is 4.90 Å². The van der Waals surface area contributed by atoms with Crippen molar-refractivity contribution in [3.63, 3.8) is 0 Å². The molecule has 0 saturated carbocycles. The van der Waals surface area contributed by atoms with E-state index >= 15 is 0 Å². The Labute approximate surface area is 220 Å². The van der Waals surface area contributed by atoms with E-state index < -0.39 is 0 Å². The van der Waals surface area contributed by atoms with Crippen molar-refractivity contribution in [2.75, 3.05) is 11.5 Å². The molecule has 1 fully saturated rings. The van der Waals surface area contributed by atoms with Crippen LogP contribution in [0.5, 0.6) is 11.5 Å². The minimum Gasteiger partial charge on any atom is -0.490 e. The topological polar surface area (TPSA) is 55.8 Å². The first-order chi connectivity index (χ1) is 17.4. The molecule has 1 aliphatic rings. The van der Waals surface area contributed by atoms with Crippen molar-refractivity contribution in [1.82, 2.24) is 0 Å². The van der Waals surface area contributed by atoms with Gasteiger partial charge in [0.05, 0.1) is 17.2 Å². The summed E-state index contributed by atoms with van der Waals surface area (Å²) in [6.07, 6.45) is 4.05. The zero-order valence-corrected chi connectivity index (χ0v) is 21.7. The minimum atomic E-state index is -0.379. The number of rotatable bonds is 9. The van der Waals surface area contributed by atoms with E-state index in [1.807, 2.05) is 50.2 Å². The highest BCUT2D eigenvalue weighted by Gasteiger charge is 2.36. The summed E-state index contributed by atoms with van der Waals surface area (Å²) in [4.78, 5) is 27.2. The highest BCUT2D eigenvalue weighted by atomic mass is 35.5. The molecule has 3 aromatic rings. The van der Waals surface area contributed by atoms with E-state index in [9.17, 15) is 9.59 Å². The lowest BCUT2D eigenvalue weighted by molar-refractivity contribution is -0.113. The number of halogens is 1. The Morgan fingerprint density at radius 2 is 1.75 bits per heavy atom. The van der Waals surface area contributed by atoms with Crippen molar-refractivity contribution in [3.05, 3.63) is 106 Å². The fourth-order valence-electron chi connectivity index (χ4n) is 3.77. The molecule has 184 valence electrons. The standard InChI is InChI=1S/C29H26ClNO4S/c1-4-6-22-15-21(16-25(34-5-2)27(22)35-18-20-9-7-19(3)8-10-20)17-26-28(32)31(29(33)36-26)24-13-11-23(30)12-14-24/h4,7-17H,1,5-6,18H2,2-3H3/b26-17+. The number of hydrogen-bond acceptors (Lipinski definition) is 5. The molecular weight excluding hydrogens is 494 g/mol. The summed E-state index contributed by atoms with van der Waals surface area (Å²) in [5.74, 6) is 0.839. The summed E-state index contributed by atoms with van der Waals surface area (Å²) in [5.41, 5.74) is 4.33. The summed E-state index contributed by atoms with van der Waals surface area (Å²) in [6, 6.07) is 18.5. The van der Waals surface area contributed by atoms with Gasteiger partial charge in [-0.3, -0.25) is 9.59 Å². The number of amides is 2. The number of hydrogen-bond donors (Lipinski definition) is 0. The first-order valence-corrected chi connectivity index (χ1v) is 12.7. The molecule has 0 bridgehead atoms. The van der Waals surface area contributed by atoms with Crippen molar-refractivity contribution < 1.29 is 19.1 Å². The van der Waals surface area contributed by atoms with Crippen LogP contribution in [-0.4, -0.2) is 17.8 Å². The fraction of sp³-hybridized carbons (Fsp3) is 0.172. The van der Waals surface area contributed by atoms with E-state index in [1.165, 1.54) is 5.56 Å². The van der Waals surface area contributed by atoms with E-state index in [2.05, 4.69) is 6.58 Å². The van der Waals surface area contributed by atoms with E-state index in [4.69, 9.17) is 21.1 Å². The molecule has 7 heteroatoms.